The van der Waals surface area contributed by atoms with Crippen molar-refractivity contribution in [1.29, 1.82) is 0 Å². The van der Waals surface area contributed by atoms with Gasteiger partial charge in [-0.15, -0.1) is 0 Å². The van der Waals surface area contributed by atoms with Crippen molar-refractivity contribution in [3.63, 3.8) is 0 Å². The van der Waals surface area contributed by atoms with Gasteiger partial charge in [-0.2, -0.15) is 0 Å². The third-order valence-corrected chi connectivity index (χ3v) is 3.62. The summed E-state index contributed by atoms with van der Waals surface area (Å²) < 4.78 is 4.51. The third-order valence-electron chi connectivity index (χ3n) is 3.62. The van der Waals surface area contributed by atoms with Crippen molar-refractivity contribution in [3.8, 4) is 0 Å². The summed E-state index contributed by atoms with van der Waals surface area (Å²) in [6, 6.07) is 5.53. The van der Waals surface area contributed by atoms with Crippen LogP contribution >= 0.6 is 0 Å². The third kappa shape index (κ3) is 6.42. The van der Waals surface area contributed by atoms with E-state index in [0.29, 0.717) is 12.2 Å². The van der Waals surface area contributed by atoms with Gasteiger partial charge in [0.25, 0.3) is 0 Å². The molecule has 0 aromatic heterocycles. The van der Waals surface area contributed by atoms with Crippen LogP contribution in [0.5, 0.6) is 0 Å². The van der Waals surface area contributed by atoms with E-state index in [9.17, 15) is 14.4 Å². The van der Waals surface area contributed by atoms with Crippen LogP contribution in [0.1, 0.15) is 26.3 Å². The maximum Gasteiger partial charge on any atom is 0.407 e. The molecule has 0 unspecified atom stereocenters. The van der Waals surface area contributed by atoms with E-state index >= 15 is 0 Å². The summed E-state index contributed by atoms with van der Waals surface area (Å²) >= 11 is 0. The fraction of sp³-hybridized carbons (Fsp3) is 0.471. The molecule has 25 heavy (non-hydrogen) atoms. The summed E-state index contributed by atoms with van der Waals surface area (Å²) in [6.07, 6.45) is -0.703. The highest BCUT2D eigenvalue weighted by Gasteiger charge is 2.27. The van der Waals surface area contributed by atoms with Crippen molar-refractivity contribution in [2.75, 3.05) is 12.4 Å². The van der Waals surface area contributed by atoms with Gasteiger partial charge < -0.3 is 26.4 Å². The molecule has 3 amide bonds. The number of hydrogen-bond acceptors (Lipinski definition) is 5. The lowest BCUT2D eigenvalue weighted by Gasteiger charge is -2.23. The van der Waals surface area contributed by atoms with Gasteiger partial charge in [0.2, 0.25) is 11.8 Å². The van der Waals surface area contributed by atoms with Crippen LogP contribution in [0, 0.1) is 5.92 Å². The first kappa shape index (κ1) is 20.4. The van der Waals surface area contributed by atoms with Gasteiger partial charge in [0, 0.05) is 12.2 Å². The quantitative estimate of drug-likeness (QED) is 0.583. The van der Waals surface area contributed by atoms with Crippen LogP contribution in [0.3, 0.4) is 0 Å². The molecular weight excluding hydrogens is 324 g/mol. The van der Waals surface area contributed by atoms with E-state index in [1.165, 1.54) is 7.11 Å². The van der Waals surface area contributed by atoms with Crippen molar-refractivity contribution in [2.24, 2.45) is 11.7 Å². The number of rotatable bonds is 7. The molecule has 0 aliphatic rings. The average Bonchev–Trinajstić information content (AvgIpc) is 2.59. The van der Waals surface area contributed by atoms with Crippen LogP contribution < -0.4 is 21.7 Å². The Balaban J connectivity index is 2.64. The summed E-state index contributed by atoms with van der Waals surface area (Å²) in [4.78, 5) is 35.9. The van der Waals surface area contributed by atoms with E-state index in [0.717, 1.165) is 5.56 Å². The average molecular weight is 350 g/mol. The van der Waals surface area contributed by atoms with Crippen LogP contribution in [0.2, 0.25) is 0 Å². The standard InChI is InChI=1S/C17H26N4O4/c1-10(2)14(21-17(24)25-4)16(23)19-11(3)15(22)20-13-7-5-12(9-18)6-8-13/h5-8,10-11,14H,9,18H2,1-4H3,(H,19,23)(H,20,22)(H,21,24)/t11-,14-/m0/s1. The van der Waals surface area contributed by atoms with E-state index in [2.05, 4.69) is 20.7 Å². The Morgan fingerprint density at radius 2 is 1.64 bits per heavy atom. The molecule has 0 radical (unpaired) electrons. The minimum atomic E-state index is -0.800. The predicted octanol–water partition coefficient (Wildman–Crippen LogP) is 0.969. The summed E-state index contributed by atoms with van der Waals surface area (Å²) in [7, 11) is 1.22. The minimum absolute atomic E-state index is 0.168. The predicted molar refractivity (Wildman–Crippen MR) is 94.7 cm³/mol. The Bertz CT molecular complexity index is 601. The first-order chi connectivity index (χ1) is 11.8. The lowest BCUT2D eigenvalue weighted by atomic mass is 10.0. The second kappa shape index (κ2) is 9.63. The number of amides is 3. The largest absolute Gasteiger partial charge is 0.453 e. The lowest BCUT2D eigenvalue weighted by Crippen LogP contribution is -2.53. The molecule has 0 aliphatic heterocycles. The number of carbonyl (C=O) groups excluding carboxylic acids is 3. The van der Waals surface area contributed by atoms with E-state index in [4.69, 9.17) is 5.73 Å². The van der Waals surface area contributed by atoms with Gasteiger partial charge in [-0.3, -0.25) is 9.59 Å². The van der Waals surface area contributed by atoms with Gasteiger partial charge in [-0.05, 0) is 30.5 Å². The summed E-state index contributed by atoms with van der Waals surface area (Å²) in [5.41, 5.74) is 7.09. The molecular formula is C17H26N4O4. The molecule has 0 saturated heterocycles. The van der Waals surface area contributed by atoms with Crippen molar-refractivity contribution >= 4 is 23.6 Å². The Morgan fingerprint density at radius 1 is 1.04 bits per heavy atom. The molecule has 1 aromatic carbocycles. The highest BCUT2D eigenvalue weighted by molar-refractivity contribution is 5.98. The number of carbonyl (C=O) groups is 3. The Kier molecular flexibility index (Phi) is 7.87. The molecule has 8 nitrogen and oxygen atoms in total. The highest BCUT2D eigenvalue weighted by Crippen LogP contribution is 2.10. The lowest BCUT2D eigenvalue weighted by molar-refractivity contribution is -0.128. The van der Waals surface area contributed by atoms with Crippen LogP contribution in [0.4, 0.5) is 10.5 Å². The first-order valence-corrected chi connectivity index (χ1v) is 8.03. The van der Waals surface area contributed by atoms with E-state index in [1.807, 2.05) is 12.1 Å². The van der Waals surface area contributed by atoms with Gasteiger partial charge >= 0.3 is 6.09 Å². The fourth-order valence-electron chi connectivity index (χ4n) is 2.06. The zero-order valence-corrected chi connectivity index (χ0v) is 15.0. The fourth-order valence-corrected chi connectivity index (χ4v) is 2.06. The second-order valence-corrected chi connectivity index (χ2v) is 5.98. The first-order valence-electron chi connectivity index (χ1n) is 8.03. The molecule has 2 atom stereocenters. The van der Waals surface area contributed by atoms with Crippen LogP contribution in [-0.4, -0.2) is 37.1 Å². The molecule has 0 heterocycles. The molecule has 0 bridgehead atoms. The smallest absolute Gasteiger partial charge is 0.407 e. The van der Waals surface area contributed by atoms with Crippen LogP contribution in [0.15, 0.2) is 24.3 Å². The number of nitrogens with two attached hydrogens (primary N) is 1. The normalized spacial score (nSPS) is 12.9. The number of hydrogen-bond donors (Lipinski definition) is 4. The molecule has 1 rings (SSSR count). The highest BCUT2D eigenvalue weighted by atomic mass is 16.5. The van der Waals surface area contributed by atoms with Gasteiger partial charge in [0.1, 0.15) is 12.1 Å². The van der Waals surface area contributed by atoms with E-state index < -0.39 is 24.1 Å². The maximum atomic E-state index is 12.3. The monoisotopic (exact) mass is 350 g/mol. The van der Waals surface area contributed by atoms with Crippen molar-refractivity contribution < 1.29 is 19.1 Å². The molecule has 138 valence electrons. The van der Waals surface area contributed by atoms with Crippen molar-refractivity contribution in [2.45, 2.75) is 39.4 Å². The Morgan fingerprint density at radius 3 is 2.12 bits per heavy atom. The number of benzene rings is 1. The molecule has 0 spiro atoms. The van der Waals surface area contributed by atoms with Crippen molar-refractivity contribution in [1.82, 2.24) is 10.6 Å². The van der Waals surface area contributed by atoms with E-state index in [1.54, 1.807) is 32.9 Å². The molecule has 1 aromatic rings. The Hall–Kier alpha value is -2.61. The minimum Gasteiger partial charge on any atom is -0.453 e. The van der Waals surface area contributed by atoms with Crippen molar-refractivity contribution in [3.05, 3.63) is 29.8 Å². The summed E-state index contributed by atoms with van der Waals surface area (Å²) in [6.45, 7) is 5.55. The number of nitrogens with one attached hydrogen (secondary N) is 3. The summed E-state index contributed by atoms with van der Waals surface area (Å²) in [5.74, 6) is -0.992. The molecule has 0 saturated carbocycles. The molecule has 0 fully saturated rings. The number of methoxy groups -OCH3 is 1. The summed E-state index contributed by atoms with van der Waals surface area (Å²) in [5, 5.41) is 7.76. The zero-order chi connectivity index (χ0) is 19.0. The van der Waals surface area contributed by atoms with E-state index in [-0.39, 0.29) is 11.8 Å². The molecule has 5 N–H and O–H groups in total. The number of alkyl carbamates (subject to hydrolysis) is 1. The zero-order valence-electron chi connectivity index (χ0n) is 15.0. The van der Waals surface area contributed by atoms with Gasteiger partial charge in [-0.25, -0.2) is 4.79 Å². The number of ether oxygens (including phenoxy) is 1. The van der Waals surface area contributed by atoms with Gasteiger partial charge in [0.15, 0.2) is 0 Å². The SMILES string of the molecule is COC(=O)N[C@H](C(=O)N[C@@H](C)C(=O)Nc1ccc(CN)cc1)C(C)C. The Labute approximate surface area is 147 Å². The van der Waals surface area contributed by atoms with Gasteiger partial charge in [0.05, 0.1) is 7.11 Å². The maximum absolute atomic E-state index is 12.3. The second-order valence-electron chi connectivity index (χ2n) is 5.98. The topological polar surface area (TPSA) is 123 Å². The number of anilines is 1. The van der Waals surface area contributed by atoms with Crippen LogP contribution in [0.25, 0.3) is 0 Å². The molecule has 0 aliphatic carbocycles. The molecule has 8 heteroatoms. The van der Waals surface area contributed by atoms with Crippen LogP contribution in [-0.2, 0) is 20.9 Å². The van der Waals surface area contributed by atoms with Gasteiger partial charge in [-0.1, -0.05) is 26.0 Å².